The van der Waals surface area contributed by atoms with E-state index in [9.17, 15) is 0 Å². The number of ether oxygens (including phenoxy) is 2. The van der Waals surface area contributed by atoms with Crippen molar-refractivity contribution in [3.8, 4) is 0 Å². The van der Waals surface area contributed by atoms with Gasteiger partial charge in [0.1, 0.15) is 12.3 Å². The van der Waals surface area contributed by atoms with Crippen LogP contribution in [0.1, 0.15) is 54.7 Å². The molecule has 34 heavy (non-hydrogen) atoms. The second-order valence-corrected chi connectivity index (χ2v) is 9.86. The predicted octanol–water partition coefficient (Wildman–Crippen LogP) is 7.76. The van der Waals surface area contributed by atoms with Crippen LogP contribution in [-0.4, -0.2) is 18.9 Å². The summed E-state index contributed by atoms with van der Waals surface area (Å²) in [6, 6.07) is 24.7. The van der Waals surface area contributed by atoms with Crippen molar-refractivity contribution in [2.24, 2.45) is 11.8 Å². The van der Waals surface area contributed by atoms with E-state index in [1.807, 2.05) is 49.4 Å². The van der Waals surface area contributed by atoms with E-state index in [4.69, 9.17) is 21.1 Å². The van der Waals surface area contributed by atoms with Crippen LogP contribution in [-0.2, 0) is 28.9 Å². The fourth-order valence-corrected chi connectivity index (χ4v) is 4.88. The van der Waals surface area contributed by atoms with Gasteiger partial charge in [-0.05, 0) is 58.6 Å². The minimum atomic E-state index is -1.06. The molecule has 5 atom stereocenters. The van der Waals surface area contributed by atoms with Crippen molar-refractivity contribution in [3.05, 3.63) is 106 Å². The van der Waals surface area contributed by atoms with Crippen LogP contribution in [0.25, 0.3) is 0 Å². The fourth-order valence-electron chi connectivity index (χ4n) is 4.69. The lowest BCUT2D eigenvalue weighted by Crippen LogP contribution is -2.45. The maximum atomic E-state index is 15.2. The molecule has 4 heteroatoms. The summed E-state index contributed by atoms with van der Waals surface area (Å²) in [5.74, 6) is -0.0944. The summed E-state index contributed by atoms with van der Waals surface area (Å²) in [7, 11) is 0. The van der Waals surface area contributed by atoms with E-state index in [1.54, 1.807) is 0 Å². The first-order valence-electron chi connectivity index (χ1n) is 12.2. The third-order valence-corrected chi connectivity index (χ3v) is 7.47. The SMILES string of the molecule is CCc1ccc(Cc2cc(C3OC(COCc4ccccc4)C(F)C(C)C3C)ccc2Cl)cc1. The Morgan fingerprint density at radius 2 is 1.59 bits per heavy atom. The molecule has 0 aliphatic carbocycles. The number of halogens is 2. The van der Waals surface area contributed by atoms with Crippen molar-refractivity contribution in [2.75, 3.05) is 6.61 Å². The summed E-state index contributed by atoms with van der Waals surface area (Å²) in [6.07, 6.45) is -0.0857. The molecular formula is C30H34ClFO2. The molecule has 1 aliphatic heterocycles. The summed E-state index contributed by atoms with van der Waals surface area (Å²) < 4.78 is 27.4. The van der Waals surface area contributed by atoms with Crippen molar-refractivity contribution in [3.63, 3.8) is 0 Å². The highest BCUT2D eigenvalue weighted by atomic mass is 35.5. The number of alkyl halides is 1. The minimum absolute atomic E-state index is 0.0400. The lowest BCUT2D eigenvalue weighted by atomic mass is 9.79. The summed E-state index contributed by atoms with van der Waals surface area (Å²) >= 11 is 6.57. The topological polar surface area (TPSA) is 18.5 Å². The highest BCUT2D eigenvalue weighted by molar-refractivity contribution is 6.31. The van der Waals surface area contributed by atoms with E-state index in [-0.39, 0.29) is 24.5 Å². The van der Waals surface area contributed by atoms with Gasteiger partial charge in [0.25, 0.3) is 0 Å². The van der Waals surface area contributed by atoms with E-state index in [0.717, 1.165) is 34.6 Å². The number of rotatable bonds is 8. The summed E-state index contributed by atoms with van der Waals surface area (Å²) in [4.78, 5) is 0. The minimum Gasteiger partial charge on any atom is -0.374 e. The van der Waals surface area contributed by atoms with Crippen LogP contribution in [0.5, 0.6) is 0 Å². The Morgan fingerprint density at radius 1 is 0.882 bits per heavy atom. The van der Waals surface area contributed by atoms with Gasteiger partial charge in [0.2, 0.25) is 0 Å². The molecule has 0 amide bonds. The quantitative estimate of drug-likeness (QED) is 0.328. The van der Waals surface area contributed by atoms with Crippen LogP contribution < -0.4 is 0 Å². The third-order valence-electron chi connectivity index (χ3n) is 7.10. The Labute approximate surface area is 208 Å². The monoisotopic (exact) mass is 480 g/mol. The molecule has 1 aliphatic rings. The van der Waals surface area contributed by atoms with Gasteiger partial charge in [0.05, 0.1) is 19.3 Å². The Morgan fingerprint density at radius 3 is 2.29 bits per heavy atom. The Kier molecular flexibility index (Phi) is 8.41. The van der Waals surface area contributed by atoms with Gasteiger partial charge in [-0.3, -0.25) is 0 Å². The molecule has 0 aromatic heterocycles. The highest BCUT2D eigenvalue weighted by Crippen LogP contribution is 2.42. The molecule has 3 aromatic carbocycles. The molecule has 1 fully saturated rings. The van der Waals surface area contributed by atoms with Gasteiger partial charge in [-0.1, -0.05) is 99.1 Å². The van der Waals surface area contributed by atoms with Crippen molar-refractivity contribution < 1.29 is 13.9 Å². The predicted molar refractivity (Wildman–Crippen MR) is 137 cm³/mol. The van der Waals surface area contributed by atoms with Crippen LogP contribution >= 0.6 is 11.6 Å². The van der Waals surface area contributed by atoms with Crippen LogP contribution in [0, 0.1) is 11.8 Å². The molecule has 1 heterocycles. The molecule has 1 saturated heterocycles. The van der Waals surface area contributed by atoms with E-state index < -0.39 is 12.3 Å². The second kappa shape index (κ2) is 11.5. The zero-order valence-corrected chi connectivity index (χ0v) is 21.0. The molecule has 0 bridgehead atoms. The van der Waals surface area contributed by atoms with Crippen molar-refractivity contribution in [1.29, 1.82) is 0 Å². The smallest absolute Gasteiger partial charge is 0.131 e. The zero-order valence-electron chi connectivity index (χ0n) is 20.2. The van der Waals surface area contributed by atoms with Gasteiger partial charge in [0, 0.05) is 5.02 Å². The average Bonchev–Trinajstić information content (AvgIpc) is 2.86. The molecule has 2 nitrogen and oxygen atoms in total. The van der Waals surface area contributed by atoms with Gasteiger partial charge >= 0.3 is 0 Å². The first-order valence-corrected chi connectivity index (χ1v) is 12.6. The standard InChI is InChI=1S/C30H34ClFO2/c1-4-22-10-12-23(13-11-22)16-26-17-25(14-15-27(26)31)30-21(3)20(2)29(32)28(34-30)19-33-18-24-8-6-5-7-9-24/h5-15,17,20-21,28-30H,4,16,18-19H2,1-3H3. The average molecular weight is 481 g/mol. The van der Waals surface area contributed by atoms with Crippen molar-refractivity contribution >= 4 is 11.6 Å². The molecule has 180 valence electrons. The third kappa shape index (κ3) is 5.89. The lowest BCUT2D eigenvalue weighted by molar-refractivity contribution is -0.169. The summed E-state index contributed by atoms with van der Waals surface area (Å²) in [5, 5.41) is 0.742. The van der Waals surface area contributed by atoms with Gasteiger partial charge in [-0.2, -0.15) is 0 Å². The molecule has 3 aromatic rings. The Bertz CT molecular complexity index is 1050. The molecule has 0 spiro atoms. The van der Waals surface area contributed by atoms with Crippen molar-refractivity contribution in [2.45, 2.75) is 58.6 Å². The number of hydrogen-bond acceptors (Lipinski definition) is 2. The second-order valence-electron chi connectivity index (χ2n) is 9.46. The number of aryl methyl sites for hydroxylation is 1. The largest absolute Gasteiger partial charge is 0.374 e. The first-order chi connectivity index (χ1) is 16.5. The molecule has 5 unspecified atom stereocenters. The summed E-state index contributed by atoms with van der Waals surface area (Å²) in [6.45, 7) is 6.88. The normalized spacial score (nSPS) is 24.8. The maximum Gasteiger partial charge on any atom is 0.131 e. The Balaban J connectivity index is 1.48. The van der Waals surface area contributed by atoms with Gasteiger partial charge in [-0.25, -0.2) is 4.39 Å². The molecule has 4 rings (SSSR count). The summed E-state index contributed by atoms with van der Waals surface area (Å²) in [5.41, 5.74) is 5.72. The van der Waals surface area contributed by atoms with Gasteiger partial charge in [0.15, 0.2) is 0 Å². The fraction of sp³-hybridized carbons (Fsp3) is 0.400. The van der Waals surface area contributed by atoms with Crippen molar-refractivity contribution in [1.82, 2.24) is 0 Å². The molecule has 0 saturated carbocycles. The molecular weight excluding hydrogens is 447 g/mol. The van der Waals surface area contributed by atoms with E-state index in [2.05, 4.69) is 44.2 Å². The molecule has 0 radical (unpaired) electrons. The highest BCUT2D eigenvalue weighted by Gasteiger charge is 2.42. The number of benzene rings is 3. The van der Waals surface area contributed by atoms with E-state index >= 15 is 4.39 Å². The first kappa shape index (κ1) is 24.9. The maximum absolute atomic E-state index is 15.2. The van der Waals surface area contributed by atoms with E-state index in [1.165, 1.54) is 11.1 Å². The van der Waals surface area contributed by atoms with E-state index in [0.29, 0.717) is 6.61 Å². The van der Waals surface area contributed by atoms with Crippen LogP contribution in [0.15, 0.2) is 72.8 Å². The number of hydrogen-bond donors (Lipinski definition) is 0. The van der Waals surface area contributed by atoms with Crippen LogP contribution in [0.4, 0.5) is 4.39 Å². The van der Waals surface area contributed by atoms with Gasteiger partial charge in [-0.15, -0.1) is 0 Å². The van der Waals surface area contributed by atoms with Crippen LogP contribution in [0.2, 0.25) is 5.02 Å². The lowest BCUT2D eigenvalue weighted by Gasteiger charge is -2.42. The van der Waals surface area contributed by atoms with Crippen LogP contribution in [0.3, 0.4) is 0 Å². The van der Waals surface area contributed by atoms with Gasteiger partial charge < -0.3 is 9.47 Å². The molecule has 0 N–H and O–H groups in total. The zero-order chi connectivity index (χ0) is 24.1. The Hall–Kier alpha value is -2.20.